The number of Topliss-reactive ketones (excluding diaryl/α,β-unsaturated/α-hetero) is 1. The first-order chi connectivity index (χ1) is 71.1. The second-order valence-corrected chi connectivity index (χ2v) is 39.7. The Hall–Kier alpha value is -11.1. The standard InChI is InChI=1S/C103H148F2N14O28S/c1-6-17-92-146-86-62-75-76-61-78(104)77-60-74(120)34-37-100(77,4)102(76,105)84(121)63-101(75,5)103(86,147-92)85(122)64-113-99(132)145-66-69-26-30-73(31-27-69)114-95(128)81(23-16-39-112-98(106)131)116-97(130)93(68(2)3)117-96(129)80(115-89(125)36-44-137-48-52-141-56-58-143-54-50-139-46-41-110-87(123)32-33-91(127)119-65-72-20-11-10-18-70(72)28-29-71-19-12-13-24-82(71)119)22-14-15-38-109-90(126)67-144-83-25-9-7-8-21-79(94(83)118-107)108-40-45-138-49-53-142-57-55-140-51-47-136-43-35-88(124)111-42-59-148(133,134)135/h10-13,18-20,24,26-27,30-31,34,37,60,68,75-76,78,80-81,83-84,86,92-93,108,118,121H,6-9,14-17,21-23,25,32-33,35-36,38-59,61-67,107H2,1-5H3,(H,109,126)(H,110,123)(H,111,124)(H,113,132)(H,114,128)(H,115,125)(H,116,130)(H,117,129)(H3,106,112,131)(H,133,134,135)/b94-79-/t75?,76-,78-,80+,81-,83?,84-,86+,92?,93-,100-,101-,102-,103+/m0/s1. The number of carbonyl (C=O) groups is 12. The zero-order valence-corrected chi connectivity index (χ0v) is 85.9. The topological polar surface area (TPSA) is 578 Å². The number of nitrogens with zero attached hydrogens (tertiary/aromatic N) is 1. The molecule has 0 bridgehead atoms. The van der Waals surface area contributed by atoms with Gasteiger partial charge in [0, 0.05) is 97.7 Å². The summed E-state index contributed by atoms with van der Waals surface area (Å²) < 4.78 is 134. The first-order valence-electron chi connectivity index (χ1n) is 51.1. The Balaban J connectivity index is 0.669. The van der Waals surface area contributed by atoms with Gasteiger partial charge in [0.15, 0.2) is 29.1 Å². The zero-order chi connectivity index (χ0) is 107. The lowest BCUT2D eigenvalue weighted by atomic mass is 9.44. The molecule has 45 heteroatoms. The number of allylic oxidation sites excluding steroid dienone is 5. The molecule has 0 spiro atoms. The number of unbranched alkanes of at least 4 members (excludes halogenated alkanes) is 1. The molecule has 3 aromatic rings. The maximum Gasteiger partial charge on any atom is 0.407 e. The number of rotatable bonds is 65. The molecule has 2 aliphatic heterocycles. The van der Waals surface area contributed by atoms with E-state index in [1.165, 1.54) is 31.2 Å². The summed E-state index contributed by atoms with van der Waals surface area (Å²) in [6.07, 6.45) is 1.72. The summed E-state index contributed by atoms with van der Waals surface area (Å²) in [6, 6.07) is 16.6. The Morgan fingerprint density at radius 3 is 1.90 bits per heavy atom. The van der Waals surface area contributed by atoms with Crippen LogP contribution < -0.4 is 75.1 Å². The number of hydrogen-bond donors (Lipinski definition) is 15. The lowest BCUT2D eigenvalue weighted by Crippen LogP contribution is -2.71. The third-order valence-electron chi connectivity index (χ3n) is 27.5. The average Bonchev–Trinajstić information content (AvgIpc) is 1.45. The smallest absolute Gasteiger partial charge is 0.407 e. The number of ether oxygens (including phenoxy) is 12. The highest BCUT2D eigenvalue weighted by atomic mass is 32.2. The van der Waals surface area contributed by atoms with Crippen LogP contribution in [-0.2, 0) is 128 Å². The molecule has 4 fully saturated rings. The van der Waals surface area contributed by atoms with Crippen molar-refractivity contribution in [2.75, 3.05) is 168 Å². The maximum absolute atomic E-state index is 18.1. The van der Waals surface area contributed by atoms with Crippen molar-refractivity contribution in [1.82, 2.24) is 53.3 Å². The number of carbonyl (C=O) groups excluding carboxylic acids is 12. The second-order valence-electron chi connectivity index (χ2n) is 38.2. The highest BCUT2D eigenvalue weighted by molar-refractivity contribution is 7.85. The quantitative estimate of drug-likeness (QED) is 0.0118. The van der Waals surface area contributed by atoms with Gasteiger partial charge in [-0.15, -0.1) is 0 Å². The van der Waals surface area contributed by atoms with Crippen molar-refractivity contribution in [3.8, 4) is 11.8 Å². The van der Waals surface area contributed by atoms with Crippen LogP contribution in [0.15, 0.2) is 108 Å². The van der Waals surface area contributed by atoms with E-state index in [0.717, 1.165) is 47.7 Å². The fourth-order valence-corrected chi connectivity index (χ4v) is 20.2. The number of nitrogens with one attached hydrogen (secondary N) is 11. The number of anilines is 2. The van der Waals surface area contributed by atoms with Gasteiger partial charge in [0.25, 0.3) is 10.1 Å². The van der Waals surface area contributed by atoms with E-state index >= 15 is 8.78 Å². The SMILES string of the molecule is CCCC1O[C@@H]2CC3[C@@H]4C[C@H](F)C5=CC(=O)C=C[C@]5(C)[C@@]4(F)[C@@H](O)C[C@]3(C)[C@]2(C(=O)CNC(=O)OCc2ccc(NC(=O)[C@H](CCCNC(N)=O)NC(=O)[C@@H](NC(=O)[C@@H](CCCCNC(=O)COC3CCCCC/C(NCCOCCOCCOCCOCCC(=O)NCCS(=O)(=O)O)=C\3NN)NC(=O)CCOCCOCCOCCOCCNC(=O)CCC(=O)N3Cc4ccccc4C#Cc4ccccc43)C(C)C)cc2)O1. The molecule has 2 heterocycles. The summed E-state index contributed by atoms with van der Waals surface area (Å²) in [5.41, 5.74) is 6.20. The molecule has 0 aromatic heterocycles. The van der Waals surface area contributed by atoms with Gasteiger partial charge in [0.2, 0.25) is 47.3 Å². The van der Waals surface area contributed by atoms with E-state index in [0.29, 0.717) is 95.2 Å². The van der Waals surface area contributed by atoms with Gasteiger partial charge in [-0.25, -0.2) is 18.4 Å². The second kappa shape index (κ2) is 60.1. The predicted molar refractivity (Wildman–Crippen MR) is 537 cm³/mol. The van der Waals surface area contributed by atoms with Crippen LogP contribution in [0.25, 0.3) is 0 Å². The molecule has 148 heavy (non-hydrogen) atoms. The van der Waals surface area contributed by atoms with Crippen LogP contribution in [-0.4, -0.2) is 307 Å². The van der Waals surface area contributed by atoms with Gasteiger partial charge < -0.3 is 131 Å². The normalized spacial score (nSPS) is 23.2. The number of alkyl halides is 2. The summed E-state index contributed by atoms with van der Waals surface area (Å²) in [5, 5.41) is 39.6. The monoisotopic (exact) mass is 2100 g/mol. The largest absolute Gasteiger partial charge is 0.445 e. The molecule has 7 aliphatic rings. The van der Waals surface area contributed by atoms with Crippen molar-refractivity contribution < 1.29 is 141 Å². The van der Waals surface area contributed by atoms with Crippen LogP contribution in [0.1, 0.15) is 179 Å². The van der Waals surface area contributed by atoms with Crippen molar-refractivity contribution in [1.29, 1.82) is 0 Å². The number of ketones is 2. The summed E-state index contributed by atoms with van der Waals surface area (Å²) in [6.45, 7) is 11.7. The van der Waals surface area contributed by atoms with E-state index in [4.69, 9.17) is 73.0 Å². The van der Waals surface area contributed by atoms with Gasteiger partial charge in [-0.1, -0.05) is 107 Å². The molecule has 3 unspecified atom stereocenters. The van der Waals surface area contributed by atoms with Crippen molar-refractivity contribution in [3.63, 3.8) is 0 Å². The van der Waals surface area contributed by atoms with Gasteiger partial charge in [-0.3, -0.25) is 58.3 Å². The van der Waals surface area contributed by atoms with Gasteiger partial charge in [-0.2, -0.15) is 8.42 Å². The highest BCUT2D eigenvalue weighted by Gasteiger charge is 2.80. The number of hydrazine groups is 1. The fraction of sp³-hybridized carbons (Fsp3) is 0.631. The summed E-state index contributed by atoms with van der Waals surface area (Å²) in [7, 11) is -4.17. The number of aliphatic hydroxyl groups is 1. The molecule has 5 aliphatic carbocycles. The van der Waals surface area contributed by atoms with Crippen LogP contribution in [0.3, 0.4) is 0 Å². The zero-order valence-electron chi connectivity index (χ0n) is 85.1. The number of halogens is 2. The molecule has 3 aromatic carbocycles. The van der Waals surface area contributed by atoms with E-state index in [-0.39, 0.29) is 206 Å². The minimum atomic E-state index is -4.17. The lowest BCUT2D eigenvalue weighted by Gasteiger charge is -2.63. The number of fused-ring (bicyclic) bond motifs is 9. The van der Waals surface area contributed by atoms with Crippen LogP contribution in [0.4, 0.5) is 29.7 Å². The van der Waals surface area contributed by atoms with Gasteiger partial charge in [-0.05, 0) is 155 Å². The fourth-order valence-electron chi connectivity index (χ4n) is 19.8. The van der Waals surface area contributed by atoms with Gasteiger partial charge in [0.1, 0.15) is 43.6 Å². The molecule has 818 valence electrons. The molecule has 1 saturated heterocycles. The summed E-state index contributed by atoms with van der Waals surface area (Å²) in [4.78, 5) is 163. The van der Waals surface area contributed by atoms with Crippen LogP contribution in [0.5, 0.6) is 0 Å². The molecule has 0 radical (unpaired) electrons. The molecule has 14 atom stereocenters. The average molecular weight is 2100 g/mol. The van der Waals surface area contributed by atoms with Crippen molar-refractivity contribution in [2.24, 2.45) is 40.2 Å². The molecule has 17 N–H and O–H groups in total. The first-order valence-corrected chi connectivity index (χ1v) is 52.7. The first kappa shape index (κ1) is 119. The van der Waals surface area contributed by atoms with E-state index in [2.05, 4.69) is 70.4 Å². The number of nitrogens with two attached hydrogens (primary N) is 2. The van der Waals surface area contributed by atoms with E-state index < -0.39 is 170 Å². The molecule has 42 nitrogen and oxygen atoms in total. The number of benzene rings is 3. The molecule has 11 amide bonds. The molecular formula is C103H148F2N14O28S. The number of hydrogen-bond acceptors (Lipinski definition) is 30. The van der Waals surface area contributed by atoms with Crippen molar-refractivity contribution >= 4 is 92.4 Å². The van der Waals surface area contributed by atoms with E-state index in [1.54, 1.807) is 37.8 Å². The Morgan fingerprint density at radius 1 is 0.635 bits per heavy atom. The Labute approximate surface area is 862 Å². The minimum Gasteiger partial charge on any atom is -0.445 e. The summed E-state index contributed by atoms with van der Waals surface area (Å²) >= 11 is 0. The third kappa shape index (κ3) is 35.0. The molecule has 10 rings (SSSR count). The highest BCUT2D eigenvalue weighted by Crippen LogP contribution is 2.72. The minimum absolute atomic E-state index is 0.000890. The number of amides is 11. The summed E-state index contributed by atoms with van der Waals surface area (Å²) in [5.74, 6) is 4.26. The van der Waals surface area contributed by atoms with Gasteiger partial charge >= 0.3 is 12.1 Å². The van der Waals surface area contributed by atoms with E-state index in [9.17, 15) is 71.1 Å². The third-order valence-corrected chi connectivity index (χ3v) is 28.2. The number of primary amides is 1. The van der Waals surface area contributed by atoms with E-state index in [1.807, 2.05) is 55.5 Å². The van der Waals surface area contributed by atoms with Crippen molar-refractivity contribution in [2.45, 2.75) is 230 Å². The van der Waals surface area contributed by atoms with Crippen LogP contribution in [0.2, 0.25) is 0 Å². The number of alkyl carbamates (subject to hydrolysis) is 1. The Morgan fingerprint density at radius 2 is 1.24 bits per heavy atom. The Kier molecular flexibility index (Phi) is 48.2. The van der Waals surface area contributed by atoms with Crippen LogP contribution >= 0.6 is 0 Å². The Bertz CT molecular complexity index is 5210. The lowest BCUT2D eigenvalue weighted by molar-refractivity contribution is -0.233. The number of urea groups is 1. The maximum atomic E-state index is 18.1. The number of para-hydroxylation sites is 1. The van der Waals surface area contributed by atoms with Gasteiger partial charge in [0.05, 0.1) is 148 Å². The number of aliphatic hydroxyl groups excluding tert-OH is 1. The van der Waals surface area contributed by atoms with Crippen molar-refractivity contribution in [3.05, 3.63) is 130 Å². The predicted octanol–water partition coefficient (Wildman–Crippen LogP) is 4.85. The molecular weight excluding hydrogens is 1950 g/mol. The van der Waals surface area contributed by atoms with Crippen LogP contribution in [0, 0.1) is 40.4 Å². The molecule has 3 saturated carbocycles.